The first-order valence-electron chi connectivity index (χ1n) is 4.91. The first kappa shape index (κ1) is 9.62. The van der Waals surface area contributed by atoms with Crippen molar-refractivity contribution in [2.24, 2.45) is 0 Å². The van der Waals surface area contributed by atoms with E-state index < -0.39 is 0 Å². The van der Waals surface area contributed by atoms with Crippen LogP contribution in [0, 0.1) is 5.82 Å². The number of aliphatic hydroxyl groups is 1. The van der Waals surface area contributed by atoms with Gasteiger partial charge in [-0.05, 0) is 23.6 Å². The minimum absolute atomic E-state index is 0.0915. The second-order valence-electron chi connectivity index (χ2n) is 3.63. The first-order chi connectivity index (χ1) is 6.81. The van der Waals surface area contributed by atoms with Gasteiger partial charge in [-0.1, -0.05) is 12.1 Å². The van der Waals surface area contributed by atoms with Gasteiger partial charge in [0.1, 0.15) is 5.82 Å². The number of hydrogen-bond acceptors (Lipinski definition) is 2. The lowest BCUT2D eigenvalue weighted by molar-refractivity contribution is 0.183. The van der Waals surface area contributed by atoms with Crippen LogP contribution in [0.15, 0.2) is 18.2 Å². The Morgan fingerprint density at radius 2 is 2.29 bits per heavy atom. The maximum Gasteiger partial charge on any atom is 0.126 e. The molecule has 0 spiro atoms. The number of fused-ring (bicyclic) bond motifs is 1. The van der Waals surface area contributed by atoms with E-state index in [1.165, 1.54) is 6.07 Å². The lowest BCUT2D eigenvalue weighted by Gasteiger charge is -2.28. The molecule has 14 heavy (non-hydrogen) atoms. The highest BCUT2D eigenvalue weighted by Crippen LogP contribution is 2.20. The van der Waals surface area contributed by atoms with Gasteiger partial charge in [0, 0.05) is 19.6 Å². The molecule has 1 N–H and O–H groups in total. The lowest BCUT2D eigenvalue weighted by atomic mass is 9.99. The Morgan fingerprint density at radius 1 is 1.43 bits per heavy atom. The fourth-order valence-corrected chi connectivity index (χ4v) is 1.95. The average molecular weight is 195 g/mol. The predicted molar refractivity (Wildman–Crippen MR) is 52.5 cm³/mol. The van der Waals surface area contributed by atoms with Crippen LogP contribution in [0.4, 0.5) is 4.39 Å². The van der Waals surface area contributed by atoms with Gasteiger partial charge >= 0.3 is 0 Å². The summed E-state index contributed by atoms with van der Waals surface area (Å²) >= 11 is 0. The molecular formula is C11H14FNO. The predicted octanol–water partition coefficient (Wildman–Crippen LogP) is 1.18. The van der Waals surface area contributed by atoms with Crippen LogP contribution in [0.2, 0.25) is 0 Å². The van der Waals surface area contributed by atoms with Gasteiger partial charge in [-0.2, -0.15) is 0 Å². The average Bonchev–Trinajstić information content (AvgIpc) is 2.18. The number of halogens is 1. The number of rotatable bonds is 2. The molecule has 0 saturated heterocycles. The fraction of sp³-hybridized carbons (Fsp3) is 0.455. The van der Waals surface area contributed by atoms with E-state index in [1.807, 2.05) is 6.07 Å². The molecule has 0 fully saturated rings. The molecule has 0 saturated carbocycles. The lowest BCUT2D eigenvalue weighted by Crippen LogP contribution is -2.33. The molecule has 0 unspecified atom stereocenters. The van der Waals surface area contributed by atoms with Crippen molar-refractivity contribution in [3.8, 4) is 0 Å². The largest absolute Gasteiger partial charge is 0.395 e. The molecule has 1 aliphatic rings. The first-order valence-corrected chi connectivity index (χ1v) is 4.91. The second kappa shape index (κ2) is 4.07. The van der Waals surface area contributed by atoms with Crippen LogP contribution in [0.5, 0.6) is 0 Å². The van der Waals surface area contributed by atoms with Gasteiger partial charge in [0.25, 0.3) is 0 Å². The maximum absolute atomic E-state index is 13.3. The Kier molecular flexibility index (Phi) is 2.79. The third kappa shape index (κ3) is 1.79. The summed E-state index contributed by atoms with van der Waals surface area (Å²) < 4.78 is 13.3. The molecule has 1 aromatic rings. The third-order valence-electron chi connectivity index (χ3n) is 2.70. The zero-order chi connectivity index (χ0) is 9.97. The number of β-amino-alcohol motifs (C(OH)–C–C–N with tert-alkyl or cyclic N) is 1. The van der Waals surface area contributed by atoms with E-state index in [4.69, 9.17) is 5.11 Å². The summed E-state index contributed by atoms with van der Waals surface area (Å²) in [4.78, 5) is 2.14. The maximum atomic E-state index is 13.3. The minimum atomic E-state index is -0.0915. The fourth-order valence-electron chi connectivity index (χ4n) is 1.95. The Balaban J connectivity index is 2.18. The molecule has 0 atom stereocenters. The van der Waals surface area contributed by atoms with Crippen molar-refractivity contribution in [2.45, 2.75) is 13.0 Å². The number of hydrogen-bond donors (Lipinski definition) is 1. The molecule has 3 heteroatoms. The van der Waals surface area contributed by atoms with Crippen LogP contribution in [0.1, 0.15) is 11.1 Å². The van der Waals surface area contributed by atoms with Crippen molar-refractivity contribution < 1.29 is 9.50 Å². The van der Waals surface area contributed by atoms with Crippen molar-refractivity contribution in [1.29, 1.82) is 0 Å². The Labute approximate surface area is 83.0 Å². The van der Waals surface area contributed by atoms with E-state index in [1.54, 1.807) is 6.07 Å². The minimum Gasteiger partial charge on any atom is -0.395 e. The van der Waals surface area contributed by atoms with Crippen molar-refractivity contribution >= 4 is 0 Å². The Bertz CT molecular complexity index is 327. The highest BCUT2D eigenvalue weighted by atomic mass is 19.1. The Morgan fingerprint density at radius 3 is 3.07 bits per heavy atom. The van der Waals surface area contributed by atoms with Crippen molar-refractivity contribution in [2.75, 3.05) is 19.7 Å². The molecule has 0 amide bonds. The molecule has 0 aromatic heterocycles. The molecule has 1 heterocycles. The standard InChI is InChI=1S/C11H14FNO/c12-11-3-1-2-9-8-13(6-7-14)5-4-10(9)11/h1-3,14H,4-8H2. The third-order valence-corrected chi connectivity index (χ3v) is 2.70. The number of aliphatic hydroxyl groups excluding tert-OH is 1. The SMILES string of the molecule is OCCN1CCc2c(F)cccc2C1. The van der Waals surface area contributed by atoms with E-state index in [2.05, 4.69) is 4.90 Å². The van der Waals surface area contributed by atoms with Gasteiger partial charge in [-0.25, -0.2) is 4.39 Å². The van der Waals surface area contributed by atoms with Crippen LogP contribution >= 0.6 is 0 Å². The van der Waals surface area contributed by atoms with Gasteiger partial charge in [0.2, 0.25) is 0 Å². The van der Waals surface area contributed by atoms with E-state index in [0.29, 0.717) is 6.54 Å². The van der Waals surface area contributed by atoms with Crippen LogP contribution in [-0.2, 0) is 13.0 Å². The molecule has 2 nitrogen and oxygen atoms in total. The molecule has 0 radical (unpaired) electrons. The highest BCUT2D eigenvalue weighted by molar-refractivity contribution is 5.30. The normalized spacial score (nSPS) is 16.7. The molecule has 76 valence electrons. The van der Waals surface area contributed by atoms with Crippen molar-refractivity contribution in [1.82, 2.24) is 4.90 Å². The van der Waals surface area contributed by atoms with Crippen LogP contribution in [-0.4, -0.2) is 29.7 Å². The zero-order valence-corrected chi connectivity index (χ0v) is 8.04. The van der Waals surface area contributed by atoms with E-state index in [9.17, 15) is 4.39 Å². The van der Waals surface area contributed by atoms with Crippen molar-refractivity contribution in [3.63, 3.8) is 0 Å². The van der Waals surface area contributed by atoms with Crippen LogP contribution in [0.3, 0.4) is 0 Å². The van der Waals surface area contributed by atoms with Crippen LogP contribution in [0.25, 0.3) is 0 Å². The summed E-state index contributed by atoms with van der Waals surface area (Å²) in [6.07, 6.45) is 0.752. The topological polar surface area (TPSA) is 23.5 Å². The van der Waals surface area contributed by atoms with E-state index in [-0.39, 0.29) is 12.4 Å². The summed E-state index contributed by atoms with van der Waals surface area (Å²) in [6.45, 7) is 2.45. The quantitative estimate of drug-likeness (QED) is 0.766. The summed E-state index contributed by atoms with van der Waals surface area (Å²) in [5, 5.41) is 8.81. The van der Waals surface area contributed by atoms with Gasteiger partial charge in [-0.3, -0.25) is 4.90 Å². The molecule has 0 bridgehead atoms. The number of nitrogens with zero attached hydrogens (tertiary/aromatic N) is 1. The second-order valence-corrected chi connectivity index (χ2v) is 3.63. The van der Waals surface area contributed by atoms with Gasteiger partial charge in [-0.15, -0.1) is 0 Å². The zero-order valence-electron chi connectivity index (χ0n) is 8.04. The number of benzene rings is 1. The smallest absolute Gasteiger partial charge is 0.126 e. The molecular weight excluding hydrogens is 181 g/mol. The van der Waals surface area contributed by atoms with Crippen LogP contribution < -0.4 is 0 Å². The molecule has 0 aliphatic carbocycles. The Hall–Kier alpha value is -0.930. The van der Waals surface area contributed by atoms with Gasteiger partial charge < -0.3 is 5.11 Å². The highest BCUT2D eigenvalue weighted by Gasteiger charge is 2.17. The van der Waals surface area contributed by atoms with E-state index in [0.717, 1.165) is 30.6 Å². The molecule has 1 aliphatic heterocycles. The monoisotopic (exact) mass is 195 g/mol. The molecule has 1 aromatic carbocycles. The van der Waals surface area contributed by atoms with E-state index >= 15 is 0 Å². The summed E-state index contributed by atoms with van der Waals surface area (Å²) in [5.74, 6) is -0.0915. The summed E-state index contributed by atoms with van der Waals surface area (Å²) in [5.41, 5.74) is 1.91. The summed E-state index contributed by atoms with van der Waals surface area (Å²) in [6, 6.07) is 5.22. The van der Waals surface area contributed by atoms with Gasteiger partial charge in [0.15, 0.2) is 0 Å². The van der Waals surface area contributed by atoms with Gasteiger partial charge in [0.05, 0.1) is 6.61 Å². The molecule has 2 rings (SSSR count). The van der Waals surface area contributed by atoms with Crippen molar-refractivity contribution in [3.05, 3.63) is 35.1 Å². The summed E-state index contributed by atoms with van der Waals surface area (Å²) in [7, 11) is 0.